The molecule has 0 bridgehead atoms. The van der Waals surface area contributed by atoms with E-state index in [0.717, 1.165) is 0 Å². The van der Waals surface area contributed by atoms with Gasteiger partial charge in [0.2, 0.25) is 5.91 Å². The standard InChI is InChI=1S/C10H16N4O2S.ClH/c1-6(2)13-8(15)4-12-10(16)7-5-17-9(3-11)14-7;/h5-6H,3-4,11H2,1-2H3,(H,12,16)(H,13,15);1H. The quantitative estimate of drug-likeness (QED) is 0.726. The Labute approximate surface area is 116 Å². The van der Waals surface area contributed by atoms with Crippen molar-refractivity contribution >= 4 is 35.6 Å². The number of nitrogens with two attached hydrogens (primary N) is 1. The van der Waals surface area contributed by atoms with Crippen molar-refractivity contribution in [2.24, 2.45) is 5.73 Å². The van der Waals surface area contributed by atoms with Crippen LogP contribution in [0.1, 0.15) is 29.3 Å². The highest BCUT2D eigenvalue weighted by atomic mass is 35.5. The van der Waals surface area contributed by atoms with E-state index in [0.29, 0.717) is 17.2 Å². The predicted octanol–water partition coefficient (Wildman–Crippen LogP) is 0.278. The van der Waals surface area contributed by atoms with Crippen LogP contribution in [0.15, 0.2) is 5.38 Å². The normalized spacial score (nSPS) is 9.78. The molecular weight excluding hydrogens is 276 g/mol. The van der Waals surface area contributed by atoms with Crippen molar-refractivity contribution in [1.82, 2.24) is 15.6 Å². The van der Waals surface area contributed by atoms with Crippen molar-refractivity contribution in [3.63, 3.8) is 0 Å². The maximum absolute atomic E-state index is 11.6. The molecule has 2 amide bonds. The number of thiazole rings is 1. The molecular formula is C10H17ClN4O2S. The first-order valence-electron chi connectivity index (χ1n) is 5.25. The molecule has 0 fully saturated rings. The lowest BCUT2D eigenvalue weighted by atomic mass is 10.4. The molecule has 0 aromatic carbocycles. The van der Waals surface area contributed by atoms with Crippen molar-refractivity contribution < 1.29 is 9.59 Å². The van der Waals surface area contributed by atoms with Gasteiger partial charge in [0, 0.05) is 18.0 Å². The number of halogens is 1. The number of hydrogen-bond donors (Lipinski definition) is 3. The SMILES string of the molecule is CC(C)NC(=O)CNC(=O)c1csc(CN)n1.Cl. The Morgan fingerprint density at radius 1 is 1.50 bits per heavy atom. The molecule has 0 saturated carbocycles. The van der Waals surface area contributed by atoms with Crippen LogP contribution in [0.2, 0.25) is 0 Å². The molecule has 4 N–H and O–H groups in total. The number of aromatic nitrogens is 1. The molecule has 1 rings (SSSR count). The third-order valence-corrected chi connectivity index (χ3v) is 2.69. The van der Waals surface area contributed by atoms with Crippen LogP contribution in [-0.4, -0.2) is 29.4 Å². The Hall–Kier alpha value is -1.18. The van der Waals surface area contributed by atoms with Gasteiger partial charge in [-0.2, -0.15) is 0 Å². The van der Waals surface area contributed by atoms with Crippen LogP contribution in [0.25, 0.3) is 0 Å². The summed E-state index contributed by atoms with van der Waals surface area (Å²) in [5.74, 6) is -0.581. The van der Waals surface area contributed by atoms with Gasteiger partial charge >= 0.3 is 0 Å². The van der Waals surface area contributed by atoms with E-state index < -0.39 is 0 Å². The number of carbonyl (C=O) groups excluding carboxylic acids is 2. The van der Waals surface area contributed by atoms with E-state index in [4.69, 9.17) is 5.73 Å². The Balaban J connectivity index is 0.00000289. The number of amides is 2. The molecule has 0 aliphatic rings. The van der Waals surface area contributed by atoms with E-state index in [2.05, 4.69) is 15.6 Å². The van der Waals surface area contributed by atoms with E-state index in [-0.39, 0.29) is 36.8 Å². The van der Waals surface area contributed by atoms with Gasteiger partial charge < -0.3 is 16.4 Å². The molecule has 6 nitrogen and oxygen atoms in total. The predicted molar refractivity (Wildman–Crippen MR) is 72.9 cm³/mol. The Bertz CT molecular complexity index is 408. The van der Waals surface area contributed by atoms with Gasteiger partial charge in [0.15, 0.2) is 0 Å². The minimum Gasteiger partial charge on any atom is -0.352 e. The molecule has 0 saturated heterocycles. The molecule has 8 heteroatoms. The van der Waals surface area contributed by atoms with E-state index in [1.165, 1.54) is 11.3 Å². The smallest absolute Gasteiger partial charge is 0.271 e. The second-order valence-electron chi connectivity index (χ2n) is 3.74. The maximum atomic E-state index is 11.6. The fourth-order valence-electron chi connectivity index (χ4n) is 1.13. The summed E-state index contributed by atoms with van der Waals surface area (Å²) in [6, 6.07) is 0.0579. The average Bonchev–Trinajstić information content (AvgIpc) is 2.73. The molecule has 0 spiro atoms. The van der Waals surface area contributed by atoms with Gasteiger partial charge in [0.1, 0.15) is 10.7 Å². The minimum atomic E-state index is -0.361. The molecule has 0 aliphatic heterocycles. The van der Waals surface area contributed by atoms with Crippen LogP contribution in [-0.2, 0) is 11.3 Å². The number of nitrogens with one attached hydrogen (secondary N) is 2. The summed E-state index contributed by atoms with van der Waals surface area (Å²) >= 11 is 1.33. The number of carbonyl (C=O) groups is 2. The van der Waals surface area contributed by atoms with E-state index in [1.54, 1.807) is 5.38 Å². The van der Waals surface area contributed by atoms with Gasteiger partial charge in [-0.1, -0.05) is 0 Å². The topological polar surface area (TPSA) is 97.1 Å². The Morgan fingerprint density at radius 2 is 2.17 bits per heavy atom. The first kappa shape index (κ1) is 16.8. The van der Waals surface area contributed by atoms with E-state index in [9.17, 15) is 9.59 Å². The molecule has 0 atom stereocenters. The van der Waals surface area contributed by atoms with E-state index in [1.807, 2.05) is 13.8 Å². The molecule has 0 unspecified atom stereocenters. The van der Waals surface area contributed by atoms with Crippen LogP contribution in [0.5, 0.6) is 0 Å². The van der Waals surface area contributed by atoms with Crippen LogP contribution in [0.4, 0.5) is 0 Å². The first-order valence-corrected chi connectivity index (χ1v) is 6.13. The summed E-state index contributed by atoms with van der Waals surface area (Å²) in [6.45, 7) is 3.97. The van der Waals surface area contributed by atoms with Crippen molar-refractivity contribution in [1.29, 1.82) is 0 Å². The fourth-order valence-corrected chi connectivity index (χ4v) is 1.79. The second kappa shape index (κ2) is 8.02. The zero-order valence-electron chi connectivity index (χ0n) is 10.2. The summed E-state index contributed by atoms with van der Waals surface area (Å²) in [5.41, 5.74) is 5.69. The zero-order chi connectivity index (χ0) is 12.8. The van der Waals surface area contributed by atoms with Gasteiger partial charge in [0.25, 0.3) is 5.91 Å². The summed E-state index contributed by atoms with van der Waals surface area (Å²) in [4.78, 5) is 26.9. The Morgan fingerprint density at radius 3 is 2.67 bits per heavy atom. The number of rotatable bonds is 5. The highest BCUT2D eigenvalue weighted by Gasteiger charge is 2.11. The molecule has 0 radical (unpaired) electrons. The van der Waals surface area contributed by atoms with E-state index >= 15 is 0 Å². The lowest BCUT2D eigenvalue weighted by molar-refractivity contribution is -0.120. The van der Waals surface area contributed by atoms with Gasteiger partial charge in [-0.15, -0.1) is 23.7 Å². The van der Waals surface area contributed by atoms with Crippen LogP contribution < -0.4 is 16.4 Å². The lowest BCUT2D eigenvalue weighted by Crippen LogP contribution is -2.39. The second-order valence-corrected chi connectivity index (χ2v) is 4.68. The van der Waals surface area contributed by atoms with Gasteiger partial charge in [-0.25, -0.2) is 4.98 Å². The summed E-state index contributed by atoms with van der Waals surface area (Å²) in [7, 11) is 0. The van der Waals surface area contributed by atoms with Gasteiger partial charge in [0.05, 0.1) is 6.54 Å². The maximum Gasteiger partial charge on any atom is 0.271 e. The lowest BCUT2D eigenvalue weighted by Gasteiger charge is -2.08. The monoisotopic (exact) mass is 292 g/mol. The molecule has 1 aromatic heterocycles. The summed E-state index contributed by atoms with van der Waals surface area (Å²) in [6.07, 6.45) is 0. The van der Waals surface area contributed by atoms with Crippen LogP contribution >= 0.6 is 23.7 Å². The fraction of sp³-hybridized carbons (Fsp3) is 0.500. The van der Waals surface area contributed by atoms with Crippen molar-refractivity contribution in [2.75, 3.05) is 6.54 Å². The molecule has 1 aromatic rings. The van der Waals surface area contributed by atoms with Crippen LogP contribution in [0, 0.1) is 0 Å². The largest absolute Gasteiger partial charge is 0.352 e. The molecule has 102 valence electrons. The third-order valence-electron chi connectivity index (χ3n) is 1.82. The number of hydrogen-bond acceptors (Lipinski definition) is 5. The highest BCUT2D eigenvalue weighted by molar-refractivity contribution is 7.09. The zero-order valence-corrected chi connectivity index (χ0v) is 11.9. The summed E-state index contributed by atoms with van der Waals surface area (Å²) in [5, 5.41) is 7.49. The molecule has 18 heavy (non-hydrogen) atoms. The minimum absolute atomic E-state index is 0. The van der Waals surface area contributed by atoms with Crippen molar-refractivity contribution in [3.05, 3.63) is 16.1 Å². The number of nitrogens with zero attached hydrogens (tertiary/aromatic N) is 1. The first-order chi connectivity index (χ1) is 8.02. The highest BCUT2D eigenvalue weighted by Crippen LogP contribution is 2.08. The van der Waals surface area contributed by atoms with Crippen LogP contribution in [0.3, 0.4) is 0 Å². The Kier molecular flexibility index (Phi) is 7.49. The average molecular weight is 293 g/mol. The van der Waals surface area contributed by atoms with Crippen molar-refractivity contribution in [2.45, 2.75) is 26.4 Å². The van der Waals surface area contributed by atoms with Gasteiger partial charge in [-0.3, -0.25) is 9.59 Å². The molecule has 1 heterocycles. The van der Waals surface area contributed by atoms with Gasteiger partial charge in [-0.05, 0) is 13.8 Å². The third kappa shape index (κ3) is 5.44. The summed E-state index contributed by atoms with van der Waals surface area (Å²) < 4.78 is 0. The molecule has 0 aliphatic carbocycles. The van der Waals surface area contributed by atoms with Crippen molar-refractivity contribution in [3.8, 4) is 0 Å².